The van der Waals surface area contributed by atoms with Crippen LogP contribution in [-0.2, 0) is 9.63 Å². The molecule has 2 amide bonds. The Morgan fingerprint density at radius 2 is 1.60 bits per heavy atom. The second kappa shape index (κ2) is 7.04. The summed E-state index contributed by atoms with van der Waals surface area (Å²) in [5.41, 5.74) is 0.343. The number of nitrogens with zero attached hydrogens (tertiary/aromatic N) is 1. The van der Waals surface area contributed by atoms with Gasteiger partial charge in [0.1, 0.15) is 12.4 Å². The fourth-order valence-corrected chi connectivity index (χ4v) is 2.50. The highest BCUT2D eigenvalue weighted by molar-refractivity contribution is 9.10. The Hall–Kier alpha value is -2.71. The maximum Gasteiger partial charge on any atom is 0.339 e. The number of benzene rings is 2. The number of carboxylic acid groups (broad SMARTS) is 1. The zero-order valence-electron chi connectivity index (χ0n) is 12.7. The minimum atomic E-state index is -1.52. The van der Waals surface area contributed by atoms with Crippen LogP contribution in [0.3, 0.4) is 0 Å². The van der Waals surface area contributed by atoms with E-state index in [0.717, 1.165) is 4.47 Å². The van der Waals surface area contributed by atoms with E-state index in [1.54, 1.807) is 36.4 Å². The van der Waals surface area contributed by atoms with Gasteiger partial charge >= 0.3 is 5.97 Å². The number of fused-ring (bicyclic) bond motifs is 1. The molecule has 0 aliphatic carbocycles. The van der Waals surface area contributed by atoms with E-state index in [-0.39, 0.29) is 17.7 Å². The number of carboxylic acids is 1. The number of hydrogen-bond acceptors (Lipinski definition) is 5. The third-order valence-corrected chi connectivity index (χ3v) is 4.01. The van der Waals surface area contributed by atoms with Crippen molar-refractivity contribution >= 4 is 33.7 Å². The first-order valence-electron chi connectivity index (χ1n) is 7.23. The summed E-state index contributed by atoms with van der Waals surface area (Å²) in [5, 5.41) is 9.75. The summed E-state index contributed by atoms with van der Waals surface area (Å²) in [6.45, 7) is -0.371. The summed E-state index contributed by atoms with van der Waals surface area (Å²) >= 11 is 3.28. The lowest BCUT2D eigenvalue weighted by Gasteiger charge is -2.19. The topological polar surface area (TPSA) is 93.1 Å². The number of hydrogen-bond donors (Lipinski definition) is 1. The summed E-state index contributed by atoms with van der Waals surface area (Å²) in [6.07, 6.45) is -1.52. The Kier molecular flexibility index (Phi) is 4.82. The van der Waals surface area contributed by atoms with Crippen LogP contribution >= 0.6 is 15.9 Å². The van der Waals surface area contributed by atoms with E-state index >= 15 is 0 Å². The third kappa shape index (κ3) is 3.54. The summed E-state index contributed by atoms with van der Waals surface area (Å²) in [4.78, 5) is 40.9. The van der Waals surface area contributed by atoms with Gasteiger partial charge in [-0.05, 0) is 36.4 Å². The van der Waals surface area contributed by atoms with Crippen molar-refractivity contribution in [2.75, 3.05) is 6.61 Å². The molecule has 0 saturated carbocycles. The molecule has 2 aromatic carbocycles. The molecule has 8 heteroatoms. The Morgan fingerprint density at radius 3 is 2.12 bits per heavy atom. The Labute approximate surface area is 150 Å². The lowest BCUT2D eigenvalue weighted by molar-refractivity contribution is -0.178. The number of rotatable bonds is 6. The molecule has 0 fully saturated rings. The van der Waals surface area contributed by atoms with Crippen molar-refractivity contribution in [1.82, 2.24) is 5.06 Å². The van der Waals surface area contributed by atoms with Crippen molar-refractivity contribution in [1.29, 1.82) is 0 Å². The maximum atomic E-state index is 12.2. The normalized spacial score (nSPS) is 14.4. The van der Waals surface area contributed by atoms with Crippen molar-refractivity contribution < 1.29 is 29.1 Å². The quantitative estimate of drug-likeness (QED) is 0.742. The minimum Gasteiger partial charge on any atom is -0.490 e. The molecule has 0 aromatic heterocycles. The van der Waals surface area contributed by atoms with Gasteiger partial charge in [-0.1, -0.05) is 28.1 Å². The Bertz CT molecular complexity index is 800. The molecule has 2 aromatic rings. The number of aliphatic carboxylic acids is 1. The lowest BCUT2D eigenvalue weighted by Crippen LogP contribution is -2.41. The largest absolute Gasteiger partial charge is 0.490 e. The fourth-order valence-electron chi connectivity index (χ4n) is 2.24. The highest BCUT2D eigenvalue weighted by Gasteiger charge is 2.39. The number of carbonyl (C=O) groups is 3. The number of amides is 2. The van der Waals surface area contributed by atoms with Gasteiger partial charge in [-0.2, -0.15) is 0 Å². The number of carbonyl (C=O) groups excluding carboxylic acids is 2. The summed E-state index contributed by atoms with van der Waals surface area (Å²) < 4.78 is 6.21. The van der Waals surface area contributed by atoms with Crippen molar-refractivity contribution in [3.8, 4) is 5.75 Å². The summed E-state index contributed by atoms with van der Waals surface area (Å²) in [5.74, 6) is -2.32. The average molecular weight is 406 g/mol. The third-order valence-electron chi connectivity index (χ3n) is 3.48. The van der Waals surface area contributed by atoms with Gasteiger partial charge in [-0.15, -0.1) is 5.06 Å². The monoisotopic (exact) mass is 405 g/mol. The molecule has 0 spiro atoms. The van der Waals surface area contributed by atoms with E-state index in [2.05, 4.69) is 15.9 Å². The minimum absolute atomic E-state index is 0.172. The highest BCUT2D eigenvalue weighted by atomic mass is 79.9. The zero-order valence-corrected chi connectivity index (χ0v) is 14.3. The first-order chi connectivity index (χ1) is 12.0. The molecule has 25 heavy (non-hydrogen) atoms. The number of ether oxygens (including phenoxy) is 1. The van der Waals surface area contributed by atoms with Gasteiger partial charge in [-0.25, -0.2) is 9.63 Å². The molecule has 0 saturated heterocycles. The first kappa shape index (κ1) is 17.1. The lowest BCUT2D eigenvalue weighted by atomic mass is 10.1. The van der Waals surface area contributed by atoms with E-state index < -0.39 is 23.9 Å². The maximum absolute atomic E-state index is 12.2. The molecule has 1 atom stereocenters. The molecular formula is C17H12BrNO6. The predicted octanol–water partition coefficient (Wildman–Crippen LogP) is 2.51. The van der Waals surface area contributed by atoms with Gasteiger partial charge in [0, 0.05) is 4.47 Å². The highest BCUT2D eigenvalue weighted by Crippen LogP contribution is 2.24. The van der Waals surface area contributed by atoms with Crippen LogP contribution in [0.5, 0.6) is 5.75 Å². The van der Waals surface area contributed by atoms with Gasteiger partial charge in [0.25, 0.3) is 11.8 Å². The van der Waals surface area contributed by atoms with Crippen LogP contribution in [0.1, 0.15) is 20.7 Å². The molecule has 1 aliphatic heterocycles. The molecule has 0 radical (unpaired) electrons. The number of imide groups is 1. The van der Waals surface area contributed by atoms with Gasteiger partial charge in [0.05, 0.1) is 11.1 Å². The second-order valence-electron chi connectivity index (χ2n) is 5.15. The van der Waals surface area contributed by atoms with Gasteiger partial charge in [0.15, 0.2) is 0 Å². The van der Waals surface area contributed by atoms with Crippen molar-refractivity contribution in [2.24, 2.45) is 0 Å². The van der Waals surface area contributed by atoms with Crippen molar-refractivity contribution in [3.05, 3.63) is 64.1 Å². The predicted molar refractivity (Wildman–Crippen MR) is 89.1 cm³/mol. The first-order valence-corrected chi connectivity index (χ1v) is 8.02. The van der Waals surface area contributed by atoms with Crippen LogP contribution in [-0.4, -0.2) is 40.7 Å². The fraction of sp³-hybridized carbons (Fsp3) is 0.118. The second-order valence-corrected chi connectivity index (χ2v) is 6.06. The SMILES string of the molecule is O=C(O)C(COc1ccc(Br)cc1)ON1C(=O)c2ccccc2C1=O. The summed E-state index contributed by atoms with van der Waals surface area (Å²) in [7, 11) is 0. The molecule has 3 rings (SSSR count). The van der Waals surface area contributed by atoms with E-state index in [9.17, 15) is 19.5 Å². The van der Waals surface area contributed by atoms with Crippen LogP contribution in [0.15, 0.2) is 53.0 Å². The van der Waals surface area contributed by atoms with Gasteiger partial charge < -0.3 is 9.84 Å². The van der Waals surface area contributed by atoms with E-state index in [1.807, 2.05) is 0 Å². The molecule has 7 nitrogen and oxygen atoms in total. The van der Waals surface area contributed by atoms with Crippen LogP contribution < -0.4 is 4.74 Å². The Morgan fingerprint density at radius 1 is 1.04 bits per heavy atom. The van der Waals surface area contributed by atoms with E-state index in [1.165, 1.54) is 12.1 Å². The van der Waals surface area contributed by atoms with Gasteiger partial charge in [0.2, 0.25) is 6.10 Å². The van der Waals surface area contributed by atoms with Crippen LogP contribution in [0.4, 0.5) is 0 Å². The van der Waals surface area contributed by atoms with Crippen molar-refractivity contribution in [2.45, 2.75) is 6.10 Å². The molecule has 128 valence electrons. The average Bonchev–Trinajstić information content (AvgIpc) is 2.84. The Balaban J connectivity index is 1.70. The molecule has 1 aliphatic rings. The van der Waals surface area contributed by atoms with Crippen molar-refractivity contribution in [3.63, 3.8) is 0 Å². The summed E-state index contributed by atoms with van der Waals surface area (Å²) in [6, 6.07) is 12.9. The standard InChI is InChI=1S/C17H12BrNO6/c18-10-5-7-11(8-6-10)24-9-14(17(22)23)25-19-15(20)12-3-1-2-4-13(12)16(19)21/h1-8,14H,9H2,(H,22,23). The van der Waals surface area contributed by atoms with Crippen LogP contribution in [0.25, 0.3) is 0 Å². The van der Waals surface area contributed by atoms with Crippen LogP contribution in [0.2, 0.25) is 0 Å². The van der Waals surface area contributed by atoms with Gasteiger partial charge in [-0.3, -0.25) is 9.59 Å². The number of hydroxylamine groups is 2. The van der Waals surface area contributed by atoms with Crippen LogP contribution in [0, 0.1) is 0 Å². The number of halogens is 1. The molecule has 1 unspecified atom stereocenters. The zero-order chi connectivity index (χ0) is 18.0. The molecule has 0 bridgehead atoms. The molecular weight excluding hydrogens is 394 g/mol. The van der Waals surface area contributed by atoms with E-state index in [0.29, 0.717) is 10.8 Å². The molecule has 1 heterocycles. The molecule has 1 N–H and O–H groups in total. The van der Waals surface area contributed by atoms with E-state index in [4.69, 9.17) is 9.57 Å². The smallest absolute Gasteiger partial charge is 0.339 e.